The third-order valence-corrected chi connectivity index (χ3v) is 3.74. The molecule has 1 aromatic carbocycles. The second-order valence-electron chi connectivity index (χ2n) is 3.14. The summed E-state index contributed by atoms with van der Waals surface area (Å²) in [5.41, 5.74) is 0.258. The van der Waals surface area contributed by atoms with E-state index in [1.54, 1.807) is 0 Å². The van der Waals surface area contributed by atoms with Gasteiger partial charge in [0, 0.05) is 13.1 Å². The van der Waals surface area contributed by atoms with Gasteiger partial charge >= 0.3 is 10.2 Å². The number of rotatable bonds is 3. The van der Waals surface area contributed by atoms with Gasteiger partial charge in [0.25, 0.3) is 0 Å². The molecule has 0 radical (unpaired) electrons. The van der Waals surface area contributed by atoms with Gasteiger partial charge in [-0.1, -0.05) is 11.6 Å². The highest BCUT2D eigenvalue weighted by Gasteiger charge is 2.31. The molecule has 1 aromatic rings. The first-order valence-electron chi connectivity index (χ1n) is 4.22. The van der Waals surface area contributed by atoms with E-state index >= 15 is 0 Å². The molecule has 82 valence electrons. The Hall–Kier alpha value is -0.850. The Labute approximate surface area is 91.8 Å². The van der Waals surface area contributed by atoms with E-state index in [0.717, 1.165) is 6.07 Å². The normalized spacial score (nSPS) is 16.4. The van der Waals surface area contributed by atoms with Crippen molar-refractivity contribution in [1.29, 1.82) is 0 Å². The first-order chi connectivity index (χ1) is 6.99. The Morgan fingerprint density at radius 1 is 1.40 bits per heavy atom. The lowest BCUT2D eigenvalue weighted by molar-refractivity contribution is 0.569. The average molecular weight is 251 g/mol. The van der Waals surface area contributed by atoms with Crippen LogP contribution in [0.15, 0.2) is 18.2 Å². The van der Waals surface area contributed by atoms with Gasteiger partial charge in [0.2, 0.25) is 0 Å². The predicted molar refractivity (Wildman–Crippen MR) is 55.5 cm³/mol. The maximum Gasteiger partial charge on any atom is 0.301 e. The predicted octanol–water partition coefficient (Wildman–Crippen LogP) is 1.45. The summed E-state index contributed by atoms with van der Waals surface area (Å²) in [4.78, 5) is 0. The molecule has 0 atom stereocenters. The Kier molecular flexibility index (Phi) is 2.57. The number of hydrogen-bond donors (Lipinski definition) is 1. The van der Waals surface area contributed by atoms with E-state index in [1.807, 2.05) is 0 Å². The number of nitrogens with one attached hydrogen (secondary N) is 1. The largest absolute Gasteiger partial charge is 0.301 e. The van der Waals surface area contributed by atoms with Gasteiger partial charge in [-0.3, -0.25) is 4.72 Å². The molecule has 1 saturated heterocycles. The molecule has 4 nitrogen and oxygen atoms in total. The lowest BCUT2D eigenvalue weighted by Gasteiger charge is -2.07. The summed E-state index contributed by atoms with van der Waals surface area (Å²) in [6.45, 7) is 1.04. The topological polar surface area (TPSA) is 49.2 Å². The maximum absolute atomic E-state index is 12.8. The van der Waals surface area contributed by atoms with E-state index in [9.17, 15) is 12.8 Å². The van der Waals surface area contributed by atoms with E-state index in [4.69, 9.17) is 11.6 Å². The van der Waals surface area contributed by atoms with E-state index in [0.29, 0.717) is 13.1 Å². The molecule has 0 saturated carbocycles. The van der Waals surface area contributed by atoms with Gasteiger partial charge < -0.3 is 0 Å². The molecule has 7 heteroatoms. The zero-order valence-electron chi connectivity index (χ0n) is 7.57. The SMILES string of the molecule is O=S(=O)(Nc1ccc(F)c(Cl)c1)N1CC1. The lowest BCUT2D eigenvalue weighted by Crippen LogP contribution is -2.20. The van der Waals surface area contributed by atoms with E-state index in [1.165, 1.54) is 16.4 Å². The average Bonchev–Trinajstić information content (AvgIpc) is 2.93. The molecule has 1 heterocycles. The molecule has 0 aromatic heterocycles. The molecule has 0 bridgehead atoms. The zero-order chi connectivity index (χ0) is 11.1. The Bertz CT molecular complexity index is 487. The lowest BCUT2D eigenvalue weighted by atomic mass is 10.3. The van der Waals surface area contributed by atoms with Crippen molar-refractivity contribution < 1.29 is 12.8 Å². The van der Waals surface area contributed by atoms with Crippen LogP contribution in [0.5, 0.6) is 0 Å². The molecular weight excluding hydrogens is 243 g/mol. The third kappa shape index (κ3) is 2.39. The number of halogens is 2. The van der Waals surface area contributed by atoms with Crippen LogP contribution in [0.2, 0.25) is 5.02 Å². The van der Waals surface area contributed by atoms with Crippen molar-refractivity contribution in [2.75, 3.05) is 17.8 Å². The van der Waals surface area contributed by atoms with Crippen LogP contribution in [-0.4, -0.2) is 25.8 Å². The zero-order valence-corrected chi connectivity index (χ0v) is 9.15. The van der Waals surface area contributed by atoms with Crippen molar-refractivity contribution in [3.63, 3.8) is 0 Å². The van der Waals surface area contributed by atoms with Crippen molar-refractivity contribution in [3.8, 4) is 0 Å². The van der Waals surface area contributed by atoms with Crippen LogP contribution >= 0.6 is 11.6 Å². The Morgan fingerprint density at radius 2 is 2.07 bits per heavy atom. The molecule has 1 aliphatic heterocycles. The molecule has 1 aliphatic rings. The molecular formula is C8H8ClFN2O2S. The van der Waals surface area contributed by atoms with Crippen LogP contribution in [0, 0.1) is 5.82 Å². The molecule has 0 unspecified atom stereocenters. The van der Waals surface area contributed by atoms with Crippen molar-refractivity contribution in [2.45, 2.75) is 0 Å². The molecule has 15 heavy (non-hydrogen) atoms. The summed E-state index contributed by atoms with van der Waals surface area (Å²) >= 11 is 5.51. The monoisotopic (exact) mass is 250 g/mol. The standard InChI is InChI=1S/C8H8ClFN2O2S/c9-7-5-6(1-2-8(7)10)11-15(13,14)12-3-4-12/h1-2,5,11H,3-4H2. The summed E-state index contributed by atoms with van der Waals surface area (Å²) in [7, 11) is -3.47. The summed E-state index contributed by atoms with van der Waals surface area (Å²) in [5, 5.41) is -0.110. The van der Waals surface area contributed by atoms with Crippen LogP contribution in [0.4, 0.5) is 10.1 Å². The van der Waals surface area contributed by atoms with Crippen molar-refractivity contribution >= 4 is 27.5 Å². The highest BCUT2D eigenvalue weighted by molar-refractivity contribution is 7.90. The molecule has 0 aliphatic carbocycles. The van der Waals surface area contributed by atoms with Gasteiger partial charge in [-0.15, -0.1) is 0 Å². The van der Waals surface area contributed by atoms with Crippen molar-refractivity contribution in [2.24, 2.45) is 0 Å². The third-order valence-electron chi connectivity index (χ3n) is 1.91. The van der Waals surface area contributed by atoms with Gasteiger partial charge in [-0.05, 0) is 18.2 Å². The van der Waals surface area contributed by atoms with Gasteiger partial charge in [0.15, 0.2) is 0 Å². The van der Waals surface area contributed by atoms with Gasteiger partial charge in [-0.25, -0.2) is 4.39 Å². The van der Waals surface area contributed by atoms with Crippen LogP contribution in [0.3, 0.4) is 0 Å². The molecule has 1 N–H and O–H groups in total. The Morgan fingerprint density at radius 3 is 2.60 bits per heavy atom. The smallest absolute Gasteiger partial charge is 0.271 e. The van der Waals surface area contributed by atoms with Gasteiger partial charge in [0.1, 0.15) is 5.82 Å². The summed E-state index contributed by atoms with van der Waals surface area (Å²) in [6, 6.07) is 3.67. The second kappa shape index (κ2) is 3.62. The Balaban J connectivity index is 2.21. The summed E-state index contributed by atoms with van der Waals surface area (Å²) in [6.07, 6.45) is 0. The quantitative estimate of drug-likeness (QED) is 0.826. The molecule has 1 fully saturated rings. The van der Waals surface area contributed by atoms with Crippen LogP contribution in [-0.2, 0) is 10.2 Å². The second-order valence-corrected chi connectivity index (χ2v) is 5.21. The summed E-state index contributed by atoms with van der Waals surface area (Å²) in [5.74, 6) is -0.577. The fourth-order valence-electron chi connectivity index (χ4n) is 1.05. The van der Waals surface area contributed by atoms with E-state index in [2.05, 4.69) is 4.72 Å². The fraction of sp³-hybridized carbons (Fsp3) is 0.250. The first kappa shape index (κ1) is 10.7. The first-order valence-corrected chi connectivity index (χ1v) is 6.04. The highest BCUT2D eigenvalue weighted by Crippen LogP contribution is 2.22. The number of nitrogens with zero attached hydrogens (tertiary/aromatic N) is 1. The minimum atomic E-state index is -3.47. The van der Waals surface area contributed by atoms with Crippen molar-refractivity contribution in [1.82, 2.24) is 4.31 Å². The van der Waals surface area contributed by atoms with Crippen molar-refractivity contribution in [3.05, 3.63) is 29.0 Å². The van der Waals surface area contributed by atoms with Crippen LogP contribution < -0.4 is 4.72 Å². The molecule has 0 spiro atoms. The minimum Gasteiger partial charge on any atom is -0.271 e. The molecule has 2 rings (SSSR count). The minimum absolute atomic E-state index is 0.110. The number of anilines is 1. The van der Waals surface area contributed by atoms with Gasteiger partial charge in [-0.2, -0.15) is 12.7 Å². The number of hydrogen-bond acceptors (Lipinski definition) is 2. The fourth-order valence-corrected chi connectivity index (χ4v) is 2.35. The van der Waals surface area contributed by atoms with Crippen LogP contribution in [0.25, 0.3) is 0 Å². The maximum atomic E-state index is 12.8. The van der Waals surface area contributed by atoms with Gasteiger partial charge in [0.05, 0.1) is 10.7 Å². The molecule has 0 amide bonds. The van der Waals surface area contributed by atoms with E-state index in [-0.39, 0.29) is 10.7 Å². The van der Waals surface area contributed by atoms with Crippen LogP contribution in [0.1, 0.15) is 0 Å². The number of benzene rings is 1. The van der Waals surface area contributed by atoms with E-state index < -0.39 is 16.0 Å². The highest BCUT2D eigenvalue weighted by atomic mass is 35.5. The summed E-state index contributed by atoms with van der Waals surface area (Å²) < 4.78 is 39.2.